The highest BCUT2D eigenvalue weighted by molar-refractivity contribution is 5.98. The maximum Gasteiger partial charge on any atom is 0.255 e. The van der Waals surface area contributed by atoms with E-state index in [0.29, 0.717) is 31.1 Å². The van der Waals surface area contributed by atoms with Gasteiger partial charge in [0, 0.05) is 13.6 Å². The predicted octanol–water partition coefficient (Wildman–Crippen LogP) is 2.87. The van der Waals surface area contributed by atoms with Gasteiger partial charge in [0.2, 0.25) is 5.91 Å². The maximum atomic E-state index is 12.3. The van der Waals surface area contributed by atoms with Crippen LogP contribution in [-0.4, -0.2) is 43.5 Å². The Balaban J connectivity index is 1.88. The number of hydrogen-bond donors (Lipinski definition) is 1. The first-order valence-electron chi connectivity index (χ1n) is 9.00. The molecule has 0 aromatic heterocycles. The lowest BCUT2D eigenvalue weighted by atomic mass is 10.2. The molecule has 0 bridgehead atoms. The number of nitrogens with one attached hydrogen (secondary N) is 1. The Morgan fingerprint density at radius 2 is 1.63 bits per heavy atom. The molecular weight excluding hydrogens is 344 g/mol. The van der Waals surface area contributed by atoms with Crippen LogP contribution in [0.5, 0.6) is 11.5 Å². The molecule has 0 saturated carbocycles. The summed E-state index contributed by atoms with van der Waals surface area (Å²) in [5.74, 6) is 0.802. The predicted molar refractivity (Wildman–Crippen MR) is 104 cm³/mol. The summed E-state index contributed by atoms with van der Waals surface area (Å²) in [6.45, 7) is 5.25. The van der Waals surface area contributed by atoms with Gasteiger partial charge < -0.3 is 19.7 Å². The Morgan fingerprint density at radius 1 is 0.963 bits per heavy atom. The van der Waals surface area contributed by atoms with Crippen molar-refractivity contribution in [2.75, 3.05) is 26.8 Å². The van der Waals surface area contributed by atoms with Gasteiger partial charge in [-0.05, 0) is 43.7 Å². The number of amides is 2. The van der Waals surface area contributed by atoms with Crippen LogP contribution in [0.4, 0.5) is 0 Å². The smallest absolute Gasteiger partial charge is 0.255 e. The Labute approximate surface area is 160 Å². The summed E-state index contributed by atoms with van der Waals surface area (Å²) in [6.07, 6.45) is 0. The fourth-order valence-corrected chi connectivity index (χ4v) is 2.54. The van der Waals surface area contributed by atoms with E-state index in [1.807, 2.05) is 38.1 Å². The second-order valence-corrected chi connectivity index (χ2v) is 5.94. The molecule has 6 heteroatoms. The standard InChI is InChI=1S/C21H26N2O4/c1-4-26-17-12-10-16(11-13-17)15-23(3)20(24)14-22-21(25)18-8-6-7-9-19(18)27-5-2/h6-13H,4-5,14-15H2,1-3H3,(H,22,25). The van der Waals surface area contributed by atoms with Crippen LogP contribution in [0.3, 0.4) is 0 Å². The highest BCUT2D eigenvalue weighted by Crippen LogP contribution is 2.17. The van der Waals surface area contributed by atoms with Gasteiger partial charge >= 0.3 is 0 Å². The number of benzene rings is 2. The van der Waals surface area contributed by atoms with Crippen LogP contribution in [0.1, 0.15) is 29.8 Å². The molecule has 6 nitrogen and oxygen atoms in total. The first kappa shape index (κ1) is 20.3. The Hall–Kier alpha value is -3.02. The number of nitrogens with zero attached hydrogens (tertiary/aromatic N) is 1. The van der Waals surface area contributed by atoms with Crippen LogP contribution in [0.25, 0.3) is 0 Å². The topological polar surface area (TPSA) is 67.9 Å². The zero-order valence-corrected chi connectivity index (χ0v) is 16.0. The Morgan fingerprint density at radius 3 is 2.30 bits per heavy atom. The van der Waals surface area contributed by atoms with Gasteiger partial charge in [-0.3, -0.25) is 9.59 Å². The van der Waals surface area contributed by atoms with Gasteiger partial charge in [-0.15, -0.1) is 0 Å². The SMILES string of the molecule is CCOc1ccc(CN(C)C(=O)CNC(=O)c2ccccc2OCC)cc1. The summed E-state index contributed by atoms with van der Waals surface area (Å²) in [5, 5.41) is 2.66. The normalized spacial score (nSPS) is 10.2. The molecule has 2 rings (SSSR count). The summed E-state index contributed by atoms with van der Waals surface area (Å²) in [6, 6.07) is 14.6. The van der Waals surface area contributed by atoms with Gasteiger partial charge in [0.25, 0.3) is 5.91 Å². The van der Waals surface area contributed by atoms with E-state index in [9.17, 15) is 9.59 Å². The molecule has 0 heterocycles. The molecule has 0 spiro atoms. The van der Waals surface area contributed by atoms with Gasteiger partial charge in [0.05, 0.1) is 25.3 Å². The molecule has 2 aromatic carbocycles. The van der Waals surface area contributed by atoms with Gasteiger partial charge in [0.15, 0.2) is 0 Å². The number of rotatable bonds is 9. The van der Waals surface area contributed by atoms with Crippen LogP contribution in [0, 0.1) is 0 Å². The van der Waals surface area contributed by atoms with E-state index in [1.165, 1.54) is 0 Å². The summed E-state index contributed by atoms with van der Waals surface area (Å²) >= 11 is 0. The van der Waals surface area contributed by atoms with Crippen LogP contribution in [-0.2, 0) is 11.3 Å². The third-order valence-electron chi connectivity index (χ3n) is 3.91. The molecule has 0 atom stereocenters. The van der Waals surface area contributed by atoms with Gasteiger partial charge in [-0.1, -0.05) is 24.3 Å². The molecular formula is C21H26N2O4. The molecule has 0 fully saturated rings. The second kappa shape index (κ2) is 10.2. The summed E-state index contributed by atoms with van der Waals surface area (Å²) < 4.78 is 10.9. The number of ether oxygens (including phenoxy) is 2. The average Bonchev–Trinajstić information content (AvgIpc) is 2.68. The van der Waals surface area contributed by atoms with E-state index < -0.39 is 0 Å². The lowest BCUT2D eigenvalue weighted by molar-refractivity contribution is -0.129. The summed E-state index contributed by atoms with van der Waals surface area (Å²) in [7, 11) is 1.71. The molecule has 27 heavy (non-hydrogen) atoms. The minimum absolute atomic E-state index is 0.0766. The van der Waals surface area contributed by atoms with Gasteiger partial charge in [-0.2, -0.15) is 0 Å². The van der Waals surface area contributed by atoms with Crippen LogP contribution in [0.2, 0.25) is 0 Å². The molecule has 2 amide bonds. The Bertz CT molecular complexity index is 759. The monoisotopic (exact) mass is 370 g/mol. The Kier molecular flexibility index (Phi) is 7.67. The van der Waals surface area contributed by atoms with Crippen molar-refractivity contribution in [1.29, 1.82) is 0 Å². The van der Waals surface area contributed by atoms with Crippen molar-refractivity contribution < 1.29 is 19.1 Å². The number of likely N-dealkylation sites (N-methyl/N-ethyl adjacent to an activating group) is 1. The molecule has 1 N–H and O–H groups in total. The highest BCUT2D eigenvalue weighted by Gasteiger charge is 2.15. The minimum Gasteiger partial charge on any atom is -0.494 e. The van der Waals surface area contributed by atoms with E-state index in [-0.39, 0.29) is 18.4 Å². The highest BCUT2D eigenvalue weighted by atomic mass is 16.5. The van der Waals surface area contributed by atoms with Crippen molar-refractivity contribution in [3.8, 4) is 11.5 Å². The van der Waals surface area contributed by atoms with Gasteiger partial charge in [-0.25, -0.2) is 0 Å². The van der Waals surface area contributed by atoms with Gasteiger partial charge in [0.1, 0.15) is 11.5 Å². The van der Waals surface area contributed by atoms with E-state index in [2.05, 4.69) is 5.32 Å². The van der Waals surface area contributed by atoms with Crippen molar-refractivity contribution in [2.24, 2.45) is 0 Å². The summed E-state index contributed by atoms with van der Waals surface area (Å²) in [4.78, 5) is 26.2. The first-order valence-corrected chi connectivity index (χ1v) is 9.00. The van der Waals surface area contributed by atoms with Crippen molar-refractivity contribution in [2.45, 2.75) is 20.4 Å². The largest absolute Gasteiger partial charge is 0.494 e. The van der Waals surface area contributed by atoms with Crippen molar-refractivity contribution in [3.05, 3.63) is 59.7 Å². The van der Waals surface area contributed by atoms with E-state index in [0.717, 1.165) is 11.3 Å². The third-order valence-corrected chi connectivity index (χ3v) is 3.91. The van der Waals surface area contributed by atoms with Crippen LogP contribution >= 0.6 is 0 Å². The minimum atomic E-state index is -0.332. The third kappa shape index (κ3) is 6.02. The zero-order valence-electron chi connectivity index (χ0n) is 16.0. The van der Waals surface area contributed by atoms with Crippen LogP contribution in [0.15, 0.2) is 48.5 Å². The maximum absolute atomic E-state index is 12.3. The molecule has 2 aromatic rings. The average molecular weight is 370 g/mol. The lowest BCUT2D eigenvalue weighted by Crippen LogP contribution is -2.37. The summed E-state index contributed by atoms with van der Waals surface area (Å²) in [5.41, 5.74) is 1.41. The molecule has 0 saturated heterocycles. The van der Waals surface area contributed by atoms with Crippen LogP contribution < -0.4 is 14.8 Å². The fraction of sp³-hybridized carbons (Fsp3) is 0.333. The van der Waals surface area contributed by atoms with E-state index >= 15 is 0 Å². The fourth-order valence-electron chi connectivity index (χ4n) is 2.54. The molecule has 0 aliphatic heterocycles. The number of para-hydroxylation sites is 1. The van der Waals surface area contributed by atoms with Crippen molar-refractivity contribution in [3.63, 3.8) is 0 Å². The molecule has 0 radical (unpaired) electrons. The lowest BCUT2D eigenvalue weighted by Gasteiger charge is -2.18. The first-order chi connectivity index (χ1) is 13.0. The molecule has 0 aliphatic carbocycles. The molecule has 144 valence electrons. The van der Waals surface area contributed by atoms with E-state index in [4.69, 9.17) is 9.47 Å². The molecule has 0 unspecified atom stereocenters. The number of hydrogen-bond acceptors (Lipinski definition) is 4. The quantitative estimate of drug-likeness (QED) is 0.737. The van der Waals surface area contributed by atoms with E-state index in [1.54, 1.807) is 36.2 Å². The van der Waals surface area contributed by atoms with Crippen molar-refractivity contribution in [1.82, 2.24) is 10.2 Å². The second-order valence-electron chi connectivity index (χ2n) is 5.94. The van der Waals surface area contributed by atoms with Crippen molar-refractivity contribution >= 4 is 11.8 Å². The number of carbonyl (C=O) groups is 2. The molecule has 0 aliphatic rings. The zero-order chi connectivity index (χ0) is 19.6. The number of carbonyl (C=O) groups excluding carboxylic acids is 2.